The molecule has 3 nitrogen and oxygen atoms in total. The van der Waals surface area contributed by atoms with Gasteiger partial charge in [-0.05, 0) is 18.7 Å². The SMILES string of the molecule is CN(Cc1cc[nH]c1)C1CNC1. The molecule has 0 aromatic carbocycles. The second kappa shape index (κ2) is 3.29. The molecule has 0 saturated carbocycles. The quantitative estimate of drug-likeness (QED) is 0.680. The zero-order valence-electron chi connectivity index (χ0n) is 7.38. The molecule has 0 unspecified atom stereocenters. The Morgan fingerprint density at radius 2 is 2.42 bits per heavy atom. The second-order valence-electron chi connectivity index (χ2n) is 3.45. The molecule has 1 aromatic heterocycles. The van der Waals surface area contributed by atoms with Crippen LogP contribution in [-0.2, 0) is 6.54 Å². The largest absolute Gasteiger partial charge is 0.367 e. The van der Waals surface area contributed by atoms with Gasteiger partial charge in [0.15, 0.2) is 0 Å². The van der Waals surface area contributed by atoms with Crippen LogP contribution in [-0.4, -0.2) is 36.1 Å². The number of hydrogen-bond acceptors (Lipinski definition) is 2. The van der Waals surface area contributed by atoms with Crippen molar-refractivity contribution in [2.45, 2.75) is 12.6 Å². The molecular formula is C9H15N3. The third-order valence-corrected chi connectivity index (χ3v) is 2.48. The zero-order chi connectivity index (χ0) is 8.39. The Morgan fingerprint density at radius 1 is 1.58 bits per heavy atom. The van der Waals surface area contributed by atoms with Gasteiger partial charge < -0.3 is 10.3 Å². The highest BCUT2D eigenvalue weighted by molar-refractivity contribution is 5.08. The molecule has 1 aromatic rings. The third-order valence-electron chi connectivity index (χ3n) is 2.48. The van der Waals surface area contributed by atoms with Gasteiger partial charge in [-0.1, -0.05) is 0 Å². The summed E-state index contributed by atoms with van der Waals surface area (Å²) in [5.74, 6) is 0. The van der Waals surface area contributed by atoms with Gasteiger partial charge in [0.25, 0.3) is 0 Å². The van der Waals surface area contributed by atoms with Crippen LogP contribution in [0.4, 0.5) is 0 Å². The molecule has 1 saturated heterocycles. The predicted octanol–water partition coefficient (Wildman–Crippen LogP) is 0.418. The smallest absolute Gasteiger partial charge is 0.0345 e. The molecule has 0 spiro atoms. The second-order valence-corrected chi connectivity index (χ2v) is 3.45. The monoisotopic (exact) mass is 165 g/mol. The van der Waals surface area contributed by atoms with Gasteiger partial charge >= 0.3 is 0 Å². The number of nitrogens with one attached hydrogen (secondary N) is 2. The Kier molecular flexibility index (Phi) is 2.15. The maximum absolute atomic E-state index is 3.27. The van der Waals surface area contributed by atoms with Crippen molar-refractivity contribution in [1.29, 1.82) is 0 Å². The number of aromatic nitrogens is 1. The first-order chi connectivity index (χ1) is 5.86. The first-order valence-electron chi connectivity index (χ1n) is 4.39. The number of aromatic amines is 1. The summed E-state index contributed by atoms with van der Waals surface area (Å²) in [7, 11) is 2.18. The van der Waals surface area contributed by atoms with E-state index in [9.17, 15) is 0 Å². The molecule has 0 atom stereocenters. The molecule has 2 rings (SSSR count). The van der Waals surface area contributed by atoms with Gasteiger partial charge in [0.1, 0.15) is 0 Å². The molecule has 66 valence electrons. The summed E-state index contributed by atoms with van der Waals surface area (Å²) >= 11 is 0. The van der Waals surface area contributed by atoms with Crippen LogP contribution < -0.4 is 5.32 Å². The first-order valence-corrected chi connectivity index (χ1v) is 4.39. The average Bonchev–Trinajstić information content (AvgIpc) is 2.34. The Labute approximate surface area is 72.8 Å². The summed E-state index contributed by atoms with van der Waals surface area (Å²) in [6.45, 7) is 3.33. The molecule has 12 heavy (non-hydrogen) atoms. The maximum Gasteiger partial charge on any atom is 0.0345 e. The van der Waals surface area contributed by atoms with Gasteiger partial charge in [0, 0.05) is 38.1 Å². The fourth-order valence-electron chi connectivity index (χ4n) is 1.46. The summed E-state index contributed by atoms with van der Waals surface area (Å²) in [4.78, 5) is 5.46. The van der Waals surface area contributed by atoms with Crippen LogP contribution in [0.1, 0.15) is 5.56 Å². The minimum absolute atomic E-state index is 0.736. The van der Waals surface area contributed by atoms with Gasteiger partial charge in [0.05, 0.1) is 0 Å². The van der Waals surface area contributed by atoms with Gasteiger partial charge in [-0.3, -0.25) is 4.90 Å². The highest BCUT2D eigenvalue weighted by Gasteiger charge is 2.20. The Balaban J connectivity index is 1.86. The van der Waals surface area contributed by atoms with Crippen molar-refractivity contribution in [2.75, 3.05) is 20.1 Å². The van der Waals surface area contributed by atoms with Crippen molar-refractivity contribution in [1.82, 2.24) is 15.2 Å². The lowest BCUT2D eigenvalue weighted by Gasteiger charge is -2.35. The topological polar surface area (TPSA) is 31.1 Å². The van der Waals surface area contributed by atoms with Crippen LogP contribution in [0.15, 0.2) is 18.5 Å². The van der Waals surface area contributed by atoms with Crippen molar-refractivity contribution in [3.05, 3.63) is 24.0 Å². The summed E-state index contributed by atoms with van der Waals surface area (Å²) in [5, 5.41) is 3.27. The summed E-state index contributed by atoms with van der Waals surface area (Å²) < 4.78 is 0. The van der Waals surface area contributed by atoms with Crippen LogP contribution in [0.3, 0.4) is 0 Å². The molecule has 1 fully saturated rings. The minimum atomic E-state index is 0.736. The molecule has 1 aliphatic rings. The minimum Gasteiger partial charge on any atom is -0.367 e. The lowest BCUT2D eigenvalue weighted by Crippen LogP contribution is -2.55. The number of rotatable bonds is 3. The van der Waals surface area contributed by atoms with E-state index in [-0.39, 0.29) is 0 Å². The third kappa shape index (κ3) is 1.52. The van der Waals surface area contributed by atoms with Gasteiger partial charge in [0.2, 0.25) is 0 Å². The Morgan fingerprint density at radius 3 is 2.92 bits per heavy atom. The lowest BCUT2D eigenvalue weighted by atomic mass is 10.1. The van der Waals surface area contributed by atoms with Crippen molar-refractivity contribution >= 4 is 0 Å². The number of nitrogens with zero attached hydrogens (tertiary/aromatic N) is 1. The van der Waals surface area contributed by atoms with Crippen LogP contribution in [0, 0.1) is 0 Å². The number of likely N-dealkylation sites (N-methyl/N-ethyl adjacent to an activating group) is 1. The molecule has 2 N–H and O–H groups in total. The van der Waals surface area contributed by atoms with E-state index in [0.717, 1.165) is 25.7 Å². The molecule has 0 radical (unpaired) electrons. The molecule has 3 heteroatoms. The molecule has 0 bridgehead atoms. The van der Waals surface area contributed by atoms with Crippen LogP contribution in [0.25, 0.3) is 0 Å². The molecule has 0 amide bonds. The first kappa shape index (κ1) is 7.83. The summed E-state index contributed by atoms with van der Waals surface area (Å²) in [6.07, 6.45) is 4.03. The van der Waals surface area contributed by atoms with E-state index in [0.29, 0.717) is 0 Å². The van der Waals surface area contributed by atoms with Gasteiger partial charge in [-0.15, -0.1) is 0 Å². The van der Waals surface area contributed by atoms with Gasteiger partial charge in [-0.25, -0.2) is 0 Å². The molecular weight excluding hydrogens is 150 g/mol. The van der Waals surface area contributed by atoms with Crippen LogP contribution >= 0.6 is 0 Å². The van der Waals surface area contributed by atoms with Gasteiger partial charge in [-0.2, -0.15) is 0 Å². The highest BCUT2D eigenvalue weighted by Crippen LogP contribution is 2.07. The van der Waals surface area contributed by atoms with E-state index in [1.54, 1.807) is 0 Å². The number of H-pyrrole nitrogens is 1. The lowest BCUT2D eigenvalue weighted by molar-refractivity contribution is 0.173. The number of hydrogen-bond donors (Lipinski definition) is 2. The summed E-state index contributed by atoms with van der Waals surface area (Å²) in [5.41, 5.74) is 1.37. The maximum atomic E-state index is 3.27. The van der Waals surface area contributed by atoms with Crippen molar-refractivity contribution in [3.8, 4) is 0 Å². The fraction of sp³-hybridized carbons (Fsp3) is 0.556. The normalized spacial score (nSPS) is 18.2. The molecule has 1 aliphatic heterocycles. The van der Waals surface area contributed by atoms with E-state index >= 15 is 0 Å². The average molecular weight is 165 g/mol. The van der Waals surface area contributed by atoms with Crippen LogP contribution in [0.5, 0.6) is 0 Å². The standard InChI is InChI=1S/C9H15N3/c1-12(9-5-11-6-9)7-8-2-3-10-4-8/h2-4,9-11H,5-7H2,1H3. The Hall–Kier alpha value is -0.800. The predicted molar refractivity (Wildman–Crippen MR) is 48.9 cm³/mol. The van der Waals surface area contributed by atoms with Crippen molar-refractivity contribution in [3.63, 3.8) is 0 Å². The highest BCUT2D eigenvalue weighted by atomic mass is 15.2. The van der Waals surface area contributed by atoms with E-state index in [1.807, 2.05) is 6.20 Å². The summed E-state index contributed by atoms with van der Waals surface area (Å²) in [6, 6.07) is 2.86. The zero-order valence-corrected chi connectivity index (χ0v) is 7.38. The van der Waals surface area contributed by atoms with E-state index in [4.69, 9.17) is 0 Å². The van der Waals surface area contributed by atoms with Crippen molar-refractivity contribution < 1.29 is 0 Å². The van der Waals surface area contributed by atoms with Crippen LogP contribution in [0.2, 0.25) is 0 Å². The fourth-order valence-corrected chi connectivity index (χ4v) is 1.46. The molecule has 2 heterocycles. The van der Waals surface area contributed by atoms with E-state index in [2.05, 4.69) is 34.5 Å². The molecule has 0 aliphatic carbocycles. The van der Waals surface area contributed by atoms with Crippen molar-refractivity contribution in [2.24, 2.45) is 0 Å². The van der Waals surface area contributed by atoms with E-state index < -0.39 is 0 Å². The Bertz CT molecular complexity index is 226. The van der Waals surface area contributed by atoms with E-state index in [1.165, 1.54) is 5.56 Å².